The Kier molecular flexibility index (Phi) is 5.11. The second kappa shape index (κ2) is 8.01. The van der Waals surface area contributed by atoms with Gasteiger partial charge in [0.1, 0.15) is 11.5 Å². The van der Waals surface area contributed by atoms with Crippen LogP contribution in [0.15, 0.2) is 96.7 Å². The lowest BCUT2D eigenvalue weighted by Gasteiger charge is -2.43. The lowest BCUT2D eigenvalue weighted by atomic mass is 9.91. The van der Waals surface area contributed by atoms with Crippen LogP contribution in [0.5, 0.6) is 11.5 Å². The number of hydrogen-bond donors (Lipinski definition) is 3. The van der Waals surface area contributed by atoms with Crippen molar-refractivity contribution in [3.05, 3.63) is 113 Å². The maximum absolute atomic E-state index is 10.6. The normalized spacial score (nSPS) is 15.1. The number of hydrogen-bond acceptors (Lipinski definition) is 3. The minimum Gasteiger partial charge on any atom is -0.698 e. The van der Waals surface area contributed by atoms with E-state index in [-0.39, 0.29) is 17.5 Å². The van der Waals surface area contributed by atoms with E-state index in [4.69, 9.17) is 5.32 Å². The Morgan fingerprint density at radius 1 is 0.893 bits per heavy atom. The average Bonchev–Trinajstić information content (AvgIpc) is 3.40. The molecule has 0 spiro atoms. The van der Waals surface area contributed by atoms with Gasteiger partial charge in [-0.1, -0.05) is 54.6 Å². The molecule has 4 nitrogen and oxygen atoms in total. The van der Waals surface area contributed by atoms with Crippen molar-refractivity contribution >= 4 is 5.69 Å². The molecule has 3 N–H and O–H groups in total. The van der Waals surface area contributed by atoms with E-state index in [2.05, 4.69) is 11.4 Å². The quantitative estimate of drug-likeness (QED) is 0.465. The SMILES string of the molecule is Oc1ccccc1[C@@H]([N-]c1ccc[cH-]1)[C@@H](NC1=CC=CC1)c1ccccc1O. The molecule has 0 bridgehead atoms. The zero-order valence-corrected chi connectivity index (χ0v) is 15.4. The third-order valence-electron chi connectivity index (χ3n) is 4.89. The molecule has 0 aliphatic heterocycles. The summed E-state index contributed by atoms with van der Waals surface area (Å²) in [6, 6.07) is 21.5. The molecule has 4 heteroatoms. The molecule has 1 aliphatic carbocycles. The third-order valence-corrected chi connectivity index (χ3v) is 4.89. The summed E-state index contributed by atoms with van der Waals surface area (Å²) in [6.45, 7) is 0. The summed E-state index contributed by atoms with van der Waals surface area (Å²) in [5, 5.41) is 29.6. The van der Waals surface area contributed by atoms with Gasteiger partial charge in [0.05, 0.1) is 0 Å². The second-order valence-electron chi connectivity index (χ2n) is 6.78. The second-order valence-corrected chi connectivity index (χ2v) is 6.78. The number of phenols is 2. The van der Waals surface area contributed by atoms with Crippen molar-refractivity contribution in [3.63, 3.8) is 0 Å². The Morgan fingerprint density at radius 3 is 2.21 bits per heavy atom. The van der Waals surface area contributed by atoms with Crippen molar-refractivity contribution in [2.24, 2.45) is 0 Å². The molecule has 4 rings (SSSR count). The average molecular weight is 370 g/mol. The van der Waals surface area contributed by atoms with E-state index in [1.54, 1.807) is 24.3 Å². The van der Waals surface area contributed by atoms with Gasteiger partial charge in [-0.3, -0.25) is 5.69 Å². The Morgan fingerprint density at radius 2 is 1.61 bits per heavy atom. The van der Waals surface area contributed by atoms with Crippen LogP contribution >= 0.6 is 0 Å². The van der Waals surface area contributed by atoms with E-state index in [0.717, 1.165) is 23.4 Å². The molecule has 0 aromatic heterocycles. The van der Waals surface area contributed by atoms with Crippen molar-refractivity contribution in [3.8, 4) is 11.5 Å². The van der Waals surface area contributed by atoms with Crippen molar-refractivity contribution in [2.75, 3.05) is 0 Å². The van der Waals surface area contributed by atoms with Gasteiger partial charge in [0.25, 0.3) is 0 Å². The fourth-order valence-electron chi connectivity index (χ4n) is 3.50. The van der Waals surface area contributed by atoms with Gasteiger partial charge in [0.15, 0.2) is 0 Å². The molecule has 142 valence electrons. The lowest BCUT2D eigenvalue weighted by molar-refractivity contribution is 0.430. The summed E-state index contributed by atoms with van der Waals surface area (Å²) in [7, 11) is 0. The highest BCUT2D eigenvalue weighted by atomic mass is 16.3. The smallest absolute Gasteiger partial charge is 0.120 e. The number of nitrogens with one attached hydrogen (secondary N) is 1. The summed E-state index contributed by atoms with van der Waals surface area (Å²) in [4.78, 5) is 0. The zero-order chi connectivity index (χ0) is 19.3. The van der Waals surface area contributed by atoms with Crippen LogP contribution in [0, 0.1) is 0 Å². The van der Waals surface area contributed by atoms with E-state index in [0.29, 0.717) is 5.56 Å². The van der Waals surface area contributed by atoms with Crippen LogP contribution in [0.1, 0.15) is 29.6 Å². The van der Waals surface area contributed by atoms with Gasteiger partial charge >= 0.3 is 0 Å². The van der Waals surface area contributed by atoms with Gasteiger partial charge in [-0.05, 0) is 23.8 Å². The predicted octanol–water partition coefficient (Wildman–Crippen LogP) is 5.74. The highest BCUT2D eigenvalue weighted by Gasteiger charge is 2.23. The Bertz CT molecular complexity index is 989. The van der Waals surface area contributed by atoms with Crippen LogP contribution < -0.4 is 5.32 Å². The van der Waals surface area contributed by atoms with Crippen LogP contribution in [0.4, 0.5) is 5.69 Å². The van der Waals surface area contributed by atoms with Gasteiger partial charge in [-0.2, -0.15) is 12.1 Å². The minimum atomic E-state index is -0.432. The number of para-hydroxylation sites is 2. The molecule has 1 aliphatic rings. The van der Waals surface area contributed by atoms with Crippen molar-refractivity contribution in [1.82, 2.24) is 5.32 Å². The number of benzene rings is 2. The maximum atomic E-state index is 10.6. The van der Waals surface area contributed by atoms with E-state index < -0.39 is 6.04 Å². The van der Waals surface area contributed by atoms with Gasteiger partial charge in [0, 0.05) is 23.7 Å². The standard InChI is InChI=1S/C24H22N2O2/c27-21-15-7-5-13-19(21)23(25-17-9-1-2-10-17)24(26-18-11-3-4-12-18)20-14-6-8-16-22(20)28/h1-11,13-16,23-24,26-28H,12H2/q-2/t23-,24+/m1/s1. The van der Waals surface area contributed by atoms with Crippen molar-refractivity contribution in [1.29, 1.82) is 0 Å². The van der Waals surface area contributed by atoms with Crippen LogP contribution in [-0.4, -0.2) is 10.2 Å². The number of nitrogens with zero attached hydrogens (tertiary/aromatic N) is 1. The van der Waals surface area contributed by atoms with Gasteiger partial charge in [-0.15, -0.1) is 0 Å². The molecule has 2 atom stereocenters. The number of phenolic OH excluding ortho intramolecular Hbond substituents is 2. The third kappa shape index (κ3) is 3.76. The van der Waals surface area contributed by atoms with Crippen LogP contribution in [-0.2, 0) is 0 Å². The van der Waals surface area contributed by atoms with Crippen LogP contribution in [0.25, 0.3) is 5.32 Å². The van der Waals surface area contributed by atoms with Gasteiger partial charge < -0.3 is 20.8 Å². The van der Waals surface area contributed by atoms with Crippen LogP contribution in [0.3, 0.4) is 0 Å². The first kappa shape index (κ1) is 17.9. The topological polar surface area (TPSA) is 66.6 Å². The highest BCUT2D eigenvalue weighted by Crippen LogP contribution is 2.45. The predicted molar refractivity (Wildman–Crippen MR) is 112 cm³/mol. The first-order valence-corrected chi connectivity index (χ1v) is 9.33. The molecule has 3 aromatic rings. The fourth-order valence-corrected chi connectivity index (χ4v) is 3.50. The molecule has 0 amide bonds. The van der Waals surface area contributed by atoms with E-state index in [9.17, 15) is 10.2 Å². The minimum absolute atomic E-state index is 0.184. The summed E-state index contributed by atoms with van der Waals surface area (Å²) in [6.07, 6.45) is 6.91. The molecule has 0 unspecified atom stereocenters. The lowest BCUT2D eigenvalue weighted by Crippen LogP contribution is -2.26. The molecule has 3 aromatic carbocycles. The first-order chi connectivity index (χ1) is 13.7. The Hall–Kier alpha value is -3.53. The Labute approximate surface area is 164 Å². The monoisotopic (exact) mass is 370 g/mol. The van der Waals surface area contributed by atoms with Gasteiger partial charge in [-0.25, -0.2) is 12.1 Å². The van der Waals surface area contributed by atoms with Gasteiger partial charge in [0.2, 0.25) is 0 Å². The molecule has 0 fully saturated rings. The molecule has 0 heterocycles. The molecular formula is C24H22N2O2-2. The highest BCUT2D eigenvalue weighted by molar-refractivity contribution is 5.55. The van der Waals surface area contributed by atoms with E-state index in [1.165, 1.54) is 0 Å². The zero-order valence-electron chi connectivity index (χ0n) is 15.4. The van der Waals surface area contributed by atoms with E-state index in [1.807, 2.05) is 60.7 Å². The number of allylic oxidation sites excluding steroid dienone is 3. The molecule has 0 radical (unpaired) electrons. The summed E-state index contributed by atoms with van der Waals surface area (Å²) in [5.41, 5.74) is 3.32. The largest absolute Gasteiger partial charge is 0.698 e. The first-order valence-electron chi connectivity index (χ1n) is 9.33. The van der Waals surface area contributed by atoms with Crippen LogP contribution in [0.2, 0.25) is 0 Å². The summed E-state index contributed by atoms with van der Waals surface area (Å²) in [5.74, 6) is 0.383. The number of aromatic hydroxyl groups is 2. The van der Waals surface area contributed by atoms with Crippen molar-refractivity contribution < 1.29 is 10.2 Å². The molecular weight excluding hydrogens is 348 g/mol. The molecule has 0 saturated heterocycles. The molecule has 0 saturated carbocycles. The van der Waals surface area contributed by atoms with E-state index >= 15 is 0 Å². The maximum Gasteiger partial charge on any atom is 0.120 e. The number of rotatable bonds is 7. The summed E-state index contributed by atoms with van der Waals surface area (Å²) >= 11 is 0. The van der Waals surface area contributed by atoms with Crippen molar-refractivity contribution in [2.45, 2.75) is 18.5 Å². The fraction of sp³-hybridized carbons (Fsp3) is 0.125. The Balaban J connectivity index is 1.80. The summed E-state index contributed by atoms with van der Waals surface area (Å²) < 4.78 is 0. The molecule has 28 heavy (non-hydrogen) atoms.